The summed E-state index contributed by atoms with van der Waals surface area (Å²) in [5.41, 5.74) is 2.76. The number of nitrogens with zero attached hydrogens (tertiary/aromatic N) is 1. The van der Waals surface area contributed by atoms with Crippen molar-refractivity contribution in [2.45, 2.75) is 75.7 Å². The number of hydrogen-bond acceptors (Lipinski definition) is 4. The van der Waals surface area contributed by atoms with Gasteiger partial charge in [-0.3, -0.25) is 9.59 Å². The molecule has 3 aliphatic rings. The van der Waals surface area contributed by atoms with Crippen LogP contribution >= 0.6 is 0 Å². The van der Waals surface area contributed by atoms with Gasteiger partial charge < -0.3 is 20.3 Å². The maximum Gasteiger partial charge on any atom is 0.245 e. The Morgan fingerprint density at radius 2 is 1.86 bits per heavy atom. The van der Waals surface area contributed by atoms with Crippen LogP contribution in [0, 0.1) is 0 Å². The lowest BCUT2D eigenvalue weighted by atomic mass is 9.98. The average Bonchev–Trinajstić information content (AvgIpc) is 3.31. The molecule has 6 heteroatoms. The van der Waals surface area contributed by atoms with Crippen LogP contribution < -0.4 is 10.6 Å². The monoisotopic (exact) mass is 385 g/mol. The van der Waals surface area contributed by atoms with E-state index in [1.807, 2.05) is 4.90 Å². The Balaban J connectivity index is 1.33. The number of hydrogen-bond donors (Lipinski definition) is 2. The first kappa shape index (κ1) is 19.4. The number of likely N-dealkylation sites (N-methyl/N-ethyl adjacent to an activating group) is 1. The van der Waals surface area contributed by atoms with Gasteiger partial charge in [0.25, 0.3) is 0 Å². The third-order valence-corrected chi connectivity index (χ3v) is 6.64. The van der Waals surface area contributed by atoms with Crippen LogP contribution in [0.2, 0.25) is 0 Å². The van der Waals surface area contributed by atoms with E-state index in [1.54, 1.807) is 14.0 Å². The third kappa shape index (κ3) is 3.80. The number of ether oxygens (including phenoxy) is 1. The van der Waals surface area contributed by atoms with E-state index in [4.69, 9.17) is 4.74 Å². The largest absolute Gasteiger partial charge is 0.375 e. The molecule has 1 aliphatic carbocycles. The highest BCUT2D eigenvalue weighted by molar-refractivity contribution is 5.90. The van der Waals surface area contributed by atoms with Crippen LogP contribution in [-0.4, -0.2) is 60.6 Å². The highest BCUT2D eigenvalue weighted by atomic mass is 16.5. The molecule has 2 N–H and O–H groups in total. The molecular weight excluding hydrogens is 354 g/mol. The summed E-state index contributed by atoms with van der Waals surface area (Å²) in [6, 6.07) is 8.25. The van der Waals surface area contributed by atoms with Crippen molar-refractivity contribution in [1.29, 1.82) is 0 Å². The molecule has 2 amide bonds. The summed E-state index contributed by atoms with van der Waals surface area (Å²) in [6.07, 6.45) is 5.84. The van der Waals surface area contributed by atoms with Gasteiger partial charge in [0.2, 0.25) is 11.8 Å². The summed E-state index contributed by atoms with van der Waals surface area (Å²) in [4.78, 5) is 27.3. The van der Waals surface area contributed by atoms with Gasteiger partial charge in [-0.2, -0.15) is 0 Å². The van der Waals surface area contributed by atoms with Crippen molar-refractivity contribution in [2.75, 3.05) is 13.7 Å². The zero-order valence-electron chi connectivity index (χ0n) is 16.8. The van der Waals surface area contributed by atoms with Crippen molar-refractivity contribution in [3.05, 3.63) is 35.4 Å². The lowest BCUT2D eigenvalue weighted by Crippen LogP contribution is -2.58. The molecule has 1 unspecified atom stereocenters. The Morgan fingerprint density at radius 1 is 1.18 bits per heavy atom. The summed E-state index contributed by atoms with van der Waals surface area (Å²) < 4.78 is 6.25. The van der Waals surface area contributed by atoms with Crippen LogP contribution in [0.15, 0.2) is 24.3 Å². The topological polar surface area (TPSA) is 70.7 Å². The molecule has 4 atom stereocenters. The van der Waals surface area contributed by atoms with Gasteiger partial charge in [-0.15, -0.1) is 0 Å². The van der Waals surface area contributed by atoms with Gasteiger partial charge >= 0.3 is 0 Å². The van der Waals surface area contributed by atoms with Gasteiger partial charge in [0.05, 0.1) is 24.8 Å². The molecule has 2 heterocycles. The van der Waals surface area contributed by atoms with Crippen LogP contribution in [0.5, 0.6) is 0 Å². The summed E-state index contributed by atoms with van der Waals surface area (Å²) in [5, 5.41) is 5.85. The highest BCUT2D eigenvalue weighted by Crippen LogP contribution is 2.33. The number of carbonyl (C=O) groups excluding carboxylic acids is 2. The maximum absolute atomic E-state index is 13.1. The Morgan fingerprint density at radius 3 is 2.54 bits per heavy atom. The fourth-order valence-electron chi connectivity index (χ4n) is 4.88. The first-order valence-electron chi connectivity index (χ1n) is 10.5. The lowest BCUT2D eigenvalue weighted by Gasteiger charge is -2.38. The number of amides is 2. The van der Waals surface area contributed by atoms with Crippen molar-refractivity contribution in [2.24, 2.45) is 0 Å². The number of carbonyl (C=O) groups is 2. The molecule has 4 rings (SSSR count). The molecule has 2 aliphatic heterocycles. The smallest absolute Gasteiger partial charge is 0.245 e. The fraction of sp³-hybridized carbons (Fsp3) is 0.636. The number of piperidine rings is 1. The second kappa shape index (κ2) is 8.21. The minimum atomic E-state index is -0.407. The maximum atomic E-state index is 13.1. The molecular formula is C22H31N3O3. The first-order valence-corrected chi connectivity index (χ1v) is 10.5. The van der Waals surface area contributed by atoms with E-state index in [2.05, 4.69) is 34.9 Å². The number of rotatable bonds is 6. The highest BCUT2D eigenvalue weighted by Gasteiger charge is 2.44. The molecule has 152 valence electrons. The molecule has 1 aromatic rings. The van der Waals surface area contributed by atoms with Gasteiger partial charge in [0.1, 0.15) is 6.04 Å². The van der Waals surface area contributed by atoms with E-state index in [1.165, 1.54) is 11.1 Å². The number of benzene rings is 1. The standard InChI is InChI=1S/C22H31N3O3/c1-14(23-2)21(26)24-20-10-9-17-7-8-18(25(17)22(20)27)13-28-19-11-15-5-3-4-6-16(15)12-19/h3-6,14,17-20,23H,7-13H2,1-2H3,(H,24,26)/t14?,17-,18+,20+/m1/s1. The van der Waals surface area contributed by atoms with Crippen molar-refractivity contribution in [3.8, 4) is 0 Å². The molecule has 0 radical (unpaired) electrons. The van der Waals surface area contributed by atoms with Crippen molar-refractivity contribution in [3.63, 3.8) is 0 Å². The SMILES string of the molecule is CNC(C)C(=O)N[C@H]1CC[C@H]2CC[C@@H](COC3Cc4ccccc4C3)N2C1=O. The van der Waals surface area contributed by atoms with Gasteiger partial charge in [-0.1, -0.05) is 24.3 Å². The van der Waals surface area contributed by atoms with Crippen LogP contribution in [0.25, 0.3) is 0 Å². The quantitative estimate of drug-likeness (QED) is 0.777. The third-order valence-electron chi connectivity index (χ3n) is 6.64. The van der Waals surface area contributed by atoms with E-state index in [0.717, 1.165) is 38.5 Å². The summed E-state index contributed by atoms with van der Waals surface area (Å²) in [7, 11) is 1.75. The predicted octanol–water partition coefficient (Wildman–Crippen LogP) is 1.42. The first-order chi connectivity index (χ1) is 13.6. The van der Waals surface area contributed by atoms with Crippen molar-refractivity contribution >= 4 is 11.8 Å². The molecule has 1 aromatic carbocycles. The van der Waals surface area contributed by atoms with Crippen LogP contribution in [-0.2, 0) is 27.2 Å². The molecule has 0 aromatic heterocycles. The molecule has 0 spiro atoms. The molecule has 2 saturated heterocycles. The van der Waals surface area contributed by atoms with Gasteiger partial charge in [-0.25, -0.2) is 0 Å². The normalized spacial score (nSPS) is 28.1. The molecule has 2 fully saturated rings. The summed E-state index contributed by atoms with van der Waals surface area (Å²) >= 11 is 0. The Bertz CT molecular complexity index is 712. The van der Waals surface area contributed by atoms with Crippen LogP contribution in [0.3, 0.4) is 0 Å². The molecule has 28 heavy (non-hydrogen) atoms. The number of nitrogens with one attached hydrogen (secondary N) is 2. The second-order valence-corrected chi connectivity index (χ2v) is 8.41. The van der Waals surface area contributed by atoms with E-state index in [9.17, 15) is 9.59 Å². The zero-order chi connectivity index (χ0) is 19.7. The number of fused-ring (bicyclic) bond motifs is 2. The minimum absolute atomic E-state index is 0.0636. The predicted molar refractivity (Wildman–Crippen MR) is 107 cm³/mol. The minimum Gasteiger partial charge on any atom is -0.375 e. The molecule has 0 saturated carbocycles. The average molecular weight is 386 g/mol. The van der Waals surface area contributed by atoms with E-state index in [0.29, 0.717) is 12.6 Å². The van der Waals surface area contributed by atoms with E-state index < -0.39 is 6.04 Å². The summed E-state index contributed by atoms with van der Waals surface area (Å²) in [6.45, 7) is 2.39. The van der Waals surface area contributed by atoms with Crippen molar-refractivity contribution < 1.29 is 14.3 Å². The van der Waals surface area contributed by atoms with Gasteiger partial charge in [0.15, 0.2) is 0 Å². The molecule has 0 bridgehead atoms. The van der Waals surface area contributed by atoms with E-state index in [-0.39, 0.29) is 30.0 Å². The second-order valence-electron chi connectivity index (χ2n) is 8.41. The van der Waals surface area contributed by atoms with Crippen LogP contribution in [0.4, 0.5) is 0 Å². The Hall–Kier alpha value is -1.92. The fourth-order valence-corrected chi connectivity index (χ4v) is 4.88. The van der Waals surface area contributed by atoms with E-state index >= 15 is 0 Å². The zero-order valence-corrected chi connectivity index (χ0v) is 16.8. The Labute approximate surface area is 167 Å². The van der Waals surface area contributed by atoms with Crippen LogP contribution in [0.1, 0.15) is 43.7 Å². The van der Waals surface area contributed by atoms with Gasteiger partial charge in [0, 0.05) is 6.04 Å². The van der Waals surface area contributed by atoms with Crippen molar-refractivity contribution in [1.82, 2.24) is 15.5 Å². The summed E-state index contributed by atoms with van der Waals surface area (Å²) in [5.74, 6) is -0.0521. The molecule has 6 nitrogen and oxygen atoms in total. The van der Waals surface area contributed by atoms with Gasteiger partial charge in [-0.05, 0) is 63.6 Å². The Kier molecular flexibility index (Phi) is 5.69. The lowest BCUT2D eigenvalue weighted by molar-refractivity contribution is -0.144.